The van der Waals surface area contributed by atoms with Crippen LogP contribution in [0.3, 0.4) is 0 Å². The van der Waals surface area contributed by atoms with Crippen LogP contribution in [0.15, 0.2) is 0 Å². The van der Waals surface area contributed by atoms with Crippen molar-refractivity contribution >= 4 is 0 Å². The van der Waals surface area contributed by atoms with Crippen molar-refractivity contribution in [2.24, 2.45) is 5.41 Å². The average Bonchev–Trinajstić information content (AvgIpc) is 2.27. The summed E-state index contributed by atoms with van der Waals surface area (Å²) in [5.41, 5.74) is 0.518. The molecule has 1 atom stereocenters. The molecule has 0 spiro atoms. The summed E-state index contributed by atoms with van der Waals surface area (Å²) in [6, 6.07) is 0. The van der Waals surface area contributed by atoms with E-state index in [-0.39, 0.29) is 6.10 Å². The Hall–Kier alpha value is -0.120. The lowest BCUT2D eigenvalue weighted by molar-refractivity contribution is 0.0474. The standard InChI is InChI=1S/C11H21NO2/c1-11(3-2-4-11)9-12-5-6-14-8-10(13)7-12/h10,13H,2-9H2,1H3. The predicted molar refractivity (Wildman–Crippen MR) is 55.2 cm³/mol. The summed E-state index contributed by atoms with van der Waals surface area (Å²) < 4.78 is 5.31. The van der Waals surface area contributed by atoms with Gasteiger partial charge in [0.2, 0.25) is 0 Å². The minimum Gasteiger partial charge on any atom is -0.389 e. The topological polar surface area (TPSA) is 32.7 Å². The first-order valence-corrected chi connectivity index (χ1v) is 5.66. The molecule has 1 aliphatic heterocycles. The molecule has 2 fully saturated rings. The maximum atomic E-state index is 9.58. The third-order valence-corrected chi connectivity index (χ3v) is 3.50. The molecule has 14 heavy (non-hydrogen) atoms. The van der Waals surface area contributed by atoms with Crippen LogP contribution in [0.1, 0.15) is 26.2 Å². The second-order valence-electron chi connectivity index (χ2n) is 5.13. The Morgan fingerprint density at radius 2 is 2.29 bits per heavy atom. The second kappa shape index (κ2) is 4.17. The number of hydrogen-bond acceptors (Lipinski definition) is 3. The minimum absolute atomic E-state index is 0.291. The molecule has 1 aliphatic carbocycles. The fourth-order valence-electron chi connectivity index (χ4n) is 2.48. The predicted octanol–water partition coefficient (Wildman–Crippen LogP) is 0.870. The maximum Gasteiger partial charge on any atom is 0.0900 e. The number of aliphatic hydroxyl groups is 1. The van der Waals surface area contributed by atoms with E-state index < -0.39 is 0 Å². The van der Waals surface area contributed by atoms with Gasteiger partial charge in [-0.1, -0.05) is 13.3 Å². The van der Waals surface area contributed by atoms with Gasteiger partial charge < -0.3 is 9.84 Å². The zero-order valence-electron chi connectivity index (χ0n) is 9.04. The van der Waals surface area contributed by atoms with E-state index in [0.717, 1.165) is 26.2 Å². The van der Waals surface area contributed by atoms with E-state index in [2.05, 4.69) is 11.8 Å². The molecule has 0 amide bonds. The van der Waals surface area contributed by atoms with E-state index in [0.29, 0.717) is 12.0 Å². The number of hydrogen-bond donors (Lipinski definition) is 1. The van der Waals surface area contributed by atoms with Gasteiger partial charge in [0.05, 0.1) is 19.3 Å². The highest BCUT2D eigenvalue weighted by molar-refractivity contribution is 4.87. The van der Waals surface area contributed by atoms with Gasteiger partial charge in [-0.15, -0.1) is 0 Å². The maximum absolute atomic E-state index is 9.58. The Morgan fingerprint density at radius 3 is 2.93 bits per heavy atom. The molecule has 1 saturated heterocycles. The molecule has 1 heterocycles. The molecule has 0 aromatic carbocycles. The molecule has 1 saturated carbocycles. The van der Waals surface area contributed by atoms with Crippen molar-refractivity contribution in [1.29, 1.82) is 0 Å². The van der Waals surface area contributed by atoms with Gasteiger partial charge in [-0.05, 0) is 18.3 Å². The Kier molecular flexibility index (Phi) is 3.10. The molecule has 0 radical (unpaired) electrons. The van der Waals surface area contributed by atoms with Gasteiger partial charge in [0.1, 0.15) is 0 Å². The van der Waals surface area contributed by atoms with E-state index in [4.69, 9.17) is 4.74 Å². The highest BCUT2D eigenvalue weighted by atomic mass is 16.5. The van der Waals surface area contributed by atoms with Crippen LogP contribution < -0.4 is 0 Å². The molecular formula is C11H21NO2. The molecule has 2 rings (SSSR count). The lowest BCUT2D eigenvalue weighted by Gasteiger charge is -2.42. The third kappa shape index (κ3) is 2.47. The summed E-state index contributed by atoms with van der Waals surface area (Å²) in [4.78, 5) is 2.36. The van der Waals surface area contributed by atoms with Crippen molar-refractivity contribution in [3.63, 3.8) is 0 Å². The van der Waals surface area contributed by atoms with Gasteiger partial charge in [0.15, 0.2) is 0 Å². The molecule has 82 valence electrons. The van der Waals surface area contributed by atoms with Crippen molar-refractivity contribution in [2.45, 2.75) is 32.3 Å². The molecule has 0 bridgehead atoms. The monoisotopic (exact) mass is 199 g/mol. The quantitative estimate of drug-likeness (QED) is 0.716. The van der Waals surface area contributed by atoms with Gasteiger partial charge in [0.25, 0.3) is 0 Å². The van der Waals surface area contributed by atoms with Crippen LogP contribution in [0, 0.1) is 5.41 Å². The van der Waals surface area contributed by atoms with Crippen LogP contribution >= 0.6 is 0 Å². The first-order valence-electron chi connectivity index (χ1n) is 5.66. The summed E-state index contributed by atoms with van der Waals surface area (Å²) in [5, 5.41) is 9.58. The van der Waals surface area contributed by atoms with Crippen LogP contribution in [-0.2, 0) is 4.74 Å². The fourth-order valence-corrected chi connectivity index (χ4v) is 2.48. The molecule has 1 N–H and O–H groups in total. The lowest BCUT2D eigenvalue weighted by atomic mass is 9.70. The largest absolute Gasteiger partial charge is 0.389 e. The van der Waals surface area contributed by atoms with Crippen molar-refractivity contribution in [3.8, 4) is 0 Å². The van der Waals surface area contributed by atoms with Crippen LogP contribution in [0.2, 0.25) is 0 Å². The van der Waals surface area contributed by atoms with E-state index in [1.807, 2.05) is 0 Å². The number of aliphatic hydroxyl groups excluding tert-OH is 1. The summed E-state index contributed by atoms with van der Waals surface area (Å²) in [6.07, 6.45) is 3.78. The highest BCUT2D eigenvalue weighted by Crippen LogP contribution is 2.40. The Morgan fingerprint density at radius 1 is 1.50 bits per heavy atom. The molecular weight excluding hydrogens is 178 g/mol. The molecule has 0 aromatic heterocycles. The molecule has 3 nitrogen and oxygen atoms in total. The van der Waals surface area contributed by atoms with Crippen molar-refractivity contribution in [3.05, 3.63) is 0 Å². The zero-order valence-corrected chi connectivity index (χ0v) is 9.04. The minimum atomic E-state index is -0.291. The Bertz CT molecular complexity index is 192. The van der Waals surface area contributed by atoms with Crippen LogP contribution in [0.25, 0.3) is 0 Å². The average molecular weight is 199 g/mol. The number of β-amino-alcohol motifs (C(OH)–C–C–N with tert-alkyl or cyclic N) is 1. The smallest absolute Gasteiger partial charge is 0.0900 e. The van der Waals surface area contributed by atoms with Gasteiger partial charge in [-0.3, -0.25) is 4.90 Å². The zero-order chi connectivity index (χ0) is 10.0. The second-order valence-corrected chi connectivity index (χ2v) is 5.13. The van der Waals surface area contributed by atoms with Crippen molar-refractivity contribution in [1.82, 2.24) is 4.90 Å². The lowest BCUT2D eigenvalue weighted by Crippen LogP contribution is -2.43. The number of nitrogens with zero attached hydrogens (tertiary/aromatic N) is 1. The van der Waals surface area contributed by atoms with Gasteiger partial charge in [-0.2, -0.15) is 0 Å². The Balaban J connectivity index is 1.83. The van der Waals surface area contributed by atoms with Crippen LogP contribution in [0.5, 0.6) is 0 Å². The Labute approximate surface area is 86.0 Å². The summed E-state index contributed by atoms with van der Waals surface area (Å²) >= 11 is 0. The molecule has 0 aromatic rings. The molecule has 2 aliphatic rings. The van der Waals surface area contributed by atoms with Gasteiger partial charge >= 0.3 is 0 Å². The highest BCUT2D eigenvalue weighted by Gasteiger charge is 2.34. The number of ether oxygens (including phenoxy) is 1. The van der Waals surface area contributed by atoms with Crippen LogP contribution in [0.4, 0.5) is 0 Å². The first kappa shape index (κ1) is 10.4. The van der Waals surface area contributed by atoms with Crippen LogP contribution in [-0.4, -0.2) is 49.0 Å². The number of rotatable bonds is 2. The van der Waals surface area contributed by atoms with Gasteiger partial charge in [0, 0.05) is 19.6 Å². The van der Waals surface area contributed by atoms with E-state index in [1.54, 1.807) is 0 Å². The summed E-state index contributed by atoms with van der Waals surface area (Å²) in [5.74, 6) is 0. The van der Waals surface area contributed by atoms with Gasteiger partial charge in [-0.25, -0.2) is 0 Å². The van der Waals surface area contributed by atoms with Crippen molar-refractivity contribution in [2.75, 3.05) is 32.8 Å². The fraction of sp³-hybridized carbons (Fsp3) is 1.00. The first-order chi connectivity index (χ1) is 6.68. The van der Waals surface area contributed by atoms with E-state index in [1.165, 1.54) is 19.3 Å². The third-order valence-electron chi connectivity index (χ3n) is 3.50. The SMILES string of the molecule is CC1(CN2CCOCC(O)C2)CCC1. The van der Waals surface area contributed by atoms with Crippen molar-refractivity contribution < 1.29 is 9.84 Å². The van der Waals surface area contributed by atoms with E-state index >= 15 is 0 Å². The molecule has 1 unspecified atom stereocenters. The summed E-state index contributed by atoms with van der Waals surface area (Å²) in [7, 11) is 0. The normalized spacial score (nSPS) is 33.4. The molecule has 3 heteroatoms. The van der Waals surface area contributed by atoms with E-state index in [9.17, 15) is 5.11 Å². The summed E-state index contributed by atoms with van der Waals surface area (Å²) in [6.45, 7) is 6.53.